The first kappa shape index (κ1) is 15.2. The van der Waals surface area contributed by atoms with Crippen LogP contribution < -0.4 is 5.19 Å². The fourth-order valence-corrected chi connectivity index (χ4v) is 6.91. The molecule has 3 rings (SSSR count). The Bertz CT molecular complexity index is 557. The van der Waals surface area contributed by atoms with Crippen molar-refractivity contribution < 1.29 is 9.00 Å². The van der Waals surface area contributed by atoms with E-state index in [0.717, 1.165) is 31.2 Å². The first-order valence-electron chi connectivity index (χ1n) is 7.90. The quantitative estimate of drug-likeness (QED) is 0.633. The van der Waals surface area contributed by atoms with Crippen molar-refractivity contribution in [2.24, 2.45) is 5.92 Å². The van der Waals surface area contributed by atoms with Gasteiger partial charge < -0.3 is 0 Å². The fraction of sp³-hybridized carbons (Fsp3) is 0.588. The van der Waals surface area contributed by atoms with Gasteiger partial charge in [0.1, 0.15) is 0 Å². The Balaban J connectivity index is 1.75. The molecule has 4 heteroatoms. The van der Waals surface area contributed by atoms with E-state index in [2.05, 4.69) is 31.8 Å². The van der Waals surface area contributed by atoms with E-state index in [1.807, 2.05) is 12.1 Å². The summed E-state index contributed by atoms with van der Waals surface area (Å²) >= 11 is 0. The number of rotatable bonds is 3. The molecular formula is C17H24O2SSi. The summed E-state index contributed by atoms with van der Waals surface area (Å²) in [5, 5.41) is 1.95. The topological polar surface area (TPSA) is 34.1 Å². The van der Waals surface area contributed by atoms with Gasteiger partial charge in [-0.05, 0) is 25.7 Å². The van der Waals surface area contributed by atoms with Crippen LogP contribution in [0.25, 0.3) is 0 Å². The molecular weight excluding hydrogens is 296 g/mol. The second-order valence-corrected chi connectivity index (χ2v) is 14.6. The Hall–Kier alpha value is -0.743. The van der Waals surface area contributed by atoms with Crippen LogP contribution in [0.15, 0.2) is 24.3 Å². The zero-order valence-corrected chi connectivity index (χ0v) is 14.9. The number of carbonyl (C=O) groups is 1. The Labute approximate surface area is 130 Å². The Kier molecular flexibility index (Phi) is 3.95. The maximum absolute atomic E-state index is 12.7. The zero-order valence-electron chi connectivity index (χ0n) is 13.1. The number of fused-ring (bicyclic) bond motifs is 2. The van der Waals surface area contributed by atoms with E-state index in [4.69, 9.17) is 0 Å². The molecule has 2 unspecified atom stereocenters. The largest absolute Gasteiger partial charge is 0.294 e. The number of hydrogen-bond donors (Lipinski definition) is 0. The van der Waals surface area contributed by atoms with E-state index in [-0.39, 0.29) is 22.2 Å². The van der Waals surface area contributed by atoms with Gasteiger partial charge in [-0.2, -0.15) is 0 Å². The molecule has 2 atom stereocenters. The van der Waals surface area contributed by atoms with E-state index in [0.29, 0.717) is 0 Å². The van der Waals surface area contributed by atoms with Gasteiger partial charge >= 0.3 is 0 Å². The van der Waals surface area contributed by atoms with E-state index in [9.17, 15) is 9.00 Å². The Morgan fingerprint density at radius 2 is 1.57 bits per heavy atom. The lowest BCUT2D eigenvalue weighted by Gasteiger charge is -2.26. The molecule has 2 bridgehead atoms. The first-order valence-corrected chi connectivity index (χ1v) is 12.7. The summed E-state index contributed by atoms with van der Waals surface area (Å²) < 4.78 is 12.1. The van der Waals surface area contributed by atoms with E-state index < -0.39 is 18.9 Å². The summed E-state index contributed by atoms with van der Waals surface area (Å²) in [5.41, 5.74) is 0.842. The van der Waals surface area contributed by atoms with Gasteiger partial charge in [0.05, 0.1) is 8.07 Å². The van der Waals surface area contributed by atoms with Crippen molar-refractivity contribution in [2.45, 2.75) is 55.8 Å². The van der Waals surface area contributed by atoms with Crippen LogP contribution in [0.3, 0.4) is 0 Å². The van der Waals surface area contributed by atoms with Crippen molar-refractivity contribution in [3.8, 4) is 0 Å². The fourth-order valence-electron chi connectivity index (χ4n) is 3.62. The third-order valence-corrected chi connectivity index (χ3v) is 9.20. The number of Topliss-reactive ketones (excluding diaryl/α,β-unsaturated/α-hetero) is 1. The van der Waals surface area contributed by atoms with Crippen molar-refractivity contribution in [1.29, 1.82) is 0 Å². The third-order valence-electron chi connectivity index (χ3n) is 4.97. The van der Waals surface area contributed by atoms with Crippen LogP contribution >= 0.6 is 0 Å². The summed E-state index contributed by atoms with van der Waals surface area (Å²) in [6.45, 7) is 6.95. The molecule has 0 N–H and O–H groups in total. The van der Waals surface area contributed by atoms with Gasteiger partial charge in [0.25, 0.3) is 0 Å². The summed E-state index contributed by atoms with van der Waals surface area (Å²) in [5.74, 6) is 0.364. The molecule has 0 radical (unpaired) electrons. The molecule has 2 aliphatic rings. The van der Waals surface area contributed by atoms with Gasteiger partial charge in [-0.1, -0.05) is 49.1 Å². The predicted octanol–water partition coefficient (Wildman–Crippen LogP) is 3.10. The smallest absolute Gasteiger partial charge is 0.166 e. The van der Waals surface area contributed by atoms with Gasteiger partial charge in [0.15, 0.2) is 5.78 Å². The highest BCUT2D eigenvalue weighted by atomic mass is 32.2. The maximum atomic E-state index is 12.7. The average Bonchev–Trinajstić information content (AvgIpc) is 2.66. The van der Waals surface area contributed by atoms with Crippen molar-refractivity contribution in [3.63, 3.8) is 0 Å². The molecule has 0 aliphatic carbocycles. The highest BCUT2D eigenvalue weighted by Crippen LogP contribution is 2.39. The number of benzene rings is 1. The molecule has 114 valence electrons. The lowest BCUT2D eigenvalue weighted by atomic mass is 9.90. The lowest BCUT2D eigenvalue weighted by Crippen LogP contribution is -2.37. The third kappa shape index (κ3) is 2.93. The summed E-state index contributed by atoms with van der Waals surface area (Å²) in [4.78, 5) is 12.7. The molecule has 2 aliphatic heterocycles. The van der Waals surface area contributed by atoms with Crippen LogP contribution in [-0.2, 0) is 10.8 Å². The minimum absolute atomic E-state index is 0.0953. The maximum Gasteiger partial charge on any atom is 0.166 e. The highest BCUT2D eigenvalue weighted by Gasteiger charge is 2.42. The first-order chi connectivity index (χ1) is 9.86. The minimum Gasteiger partial charge on any atom is -0.294 e. The van der Waals surface area contributed by atoms with E-state index >= 15 is 0 Å². The SMILES string of the molecule is C[Si](C)(C)c1ccc(C(=O)C2CC3CCC(C2)S3=O)cc1. The second-order valence-electron chi connectivity index (χ2n) is 7.51. The molecule has 1 aromatic rings. The van der Waals surface area contributed by atoms with Gasteiger partial charge in [-0.25, -0.2) is 0 Å². The van der Waals surface area contributed by atoms with Crippen LogP contribution in [-0.4, -0.2) is 28.6 Å². The predicted molar refractivity (Wildman–Crippen MR) is 91.4 cm³/mol. The summed E-state index contributed by atoms with van der Waals surface area (Å²) in [6, 6.07) is 8.27. The van der Waals surface area contributed by atoms with Gasteiger partial charge in [0.2, 0.25) is 0 Å². The van der Waals surface area contributed by atoms with Crippen molar-refractivity contribution >= 4 is 29.8 Å². The monoisotopic (exact) mass is 320 g/mol. The Morgan fingerprint density at radius 1 is 1.05 bits per heavy atom. The van der Waals surface area contributed by atoms with Crippen molar-refractivity contribution in [3.05, 3.63) is 29.8 Å². The van der Waals surface area contributed by atoms with Crippen molar-refractivity contribution in [1.82, 2.24) is 0 Å². The molecule has 2 heterocycles. The number of ketones is 1. The number of hydrogen-bond acceptors (Lipinski definition) is 2. The summed E-state index contributed by atoms with van der Waals surface area (Å²) in [7, 11) is -1.98. The normalized spacial score (nSPS) is 32.1. The van der Waals surface area contributed by atoms with Crippen molar-refractivity contribution in [2.75, 3.05) is 0 Å². The molecule has 0 spiro atoms. The van der Waals surface area contributed by atoms with Crippen LogP contribution in [0.1, 0.15) is 36.0 Å². The summed E-state index contributed by atoms with van der Waals surface area (Å²) in [6.07, 6.45) is 3.76. The lowest BCUT2D eigenvalue weighted by molar-refractivity contribution is 0.0906. The number of carbonyl (C=O) groups excluding carboxylic acids is 1. The zero-order chi connectivity index (χ0) is 15.2. The van der Waals surface area contributed by atoms with Gasteiger partial charge in [0, 0.05) is 32.8 Å². The molecule has 2 nitrogen and oxygen atoms in total. The molecule has 2 fully saturated rings. The average molecular weight is 321 g/mol. The van der Waals surface area contributed by atoms with Gasteiger partial charge in [-0.15, -0.1) is 0 Å². The Morgan fingerprint density at radius 3 is 2.05 bits per heavy atom. The van der Waals surface area contributed by atoms with E-state index in [1.165, 1.54) is 5.19 Å². The van der Waals surface area contributed by atoms with Crippen LogP contribution in [0.2, 0.25) is 19.6 Å². The second kappa shape index (κ2) is 5.47. The van der Waals surface area contributed by atoms with Crippen LogP contribution in [0, 0.1) is 5.92 Å². The molecule has 0 aromatic heterocycles. The molecule has 0 amide bonds. The molecule has 21 heavy (non-hydrogen) atoms. The molecule has 0 saturated carbocycles. The van der Waals surface area contributed by atoms with Crippen LogP contribution in [0.4, 0.5) is 0 Å². The highest BCUT2D eigenvalue weighted by molar-refractivity contribution is 7.86. The van der Waals surface area contributed by atoms with Crippen LogP contribution in [0.5, 0.6) is 0 Å². The van der Waals surface area contributed by atoms with E-state index in [1.54, 1.807) is 0 Å². The molecule has 2 saturated heterocycles. The molecule has 1 aromatic carbocycles. The van der Waals surface area contributed by atoms with Gasteiger partial charge in [-0.3, -0.25) is 9.00 Å². The minimum atomic E-state index is -1.30. The standard InChI is InChI=1S/C17H24O2SSi/c1-21(2,3)16-8-4-12(5-9-16)17(18)13-10-14-6-7-15(11-13)20(14)19/h4-5,8-9,13-15H,6-7,10-11H2,1-3H3.